The van der Waals surface area contributed by atoms with E-state index in [4.69, 9.17) is 25.8 Å². The molecule has 4 rings (SSSR count). The van der Waals surface area contributed by atoms with Crippen molar-refractivity contribution in [2.45, 2.75) is 12.5 Å². The van der Waals surface area contributed by atoms with Crippen LogP contribution in [0.25, 0.3) is 0 Å². The summed E-state index contributed by atoms with van der Waals surface area (Å²) in [6, 6.07) is 13.2. The summed E-state index contributed by atoms with van der Waals surface area (Å²) in [4.78, 5) is 14.5. The number of benzene rings is 2. The van der Waals surface area contributed by atoms with Gasteiger partial charge in [0.2, 0.25) is 12.7 Å². The van der Waals surface area contributed by atoms with Crippen LogP contribution in [-0.2, 0) is 16.0 Å². The van der Waals surface area contributed by atoms with Gasteiger partial charge < -0.3 is 19.1 Å². The maximum absolute atomic E-state index is 12.7. The topological polar surface area (TPSA) is 48.0 Å². The Kier molecular flexibility index (Phi) is 4.51. The van der Waals surface area contributed by atoms with Crippen LogP contribution < -0.4 is 9.47 Å². The Morgan fingerprint density at radius 2 is 1.92 bits per heavy atom. The normalized spacial score (nSPS) is 19.1. The van der Waals surface area contributed by atoms with Gasteiger partial charge in [0.25, 0.3) is 0 Å². The van der Waals surface area contributed by atoms with E-state index < -0.39 is 0 Å². The molecule has 5 nitrogen and oxygen atoms in total. The monoisotopic (exact) mass is 359 g/mol. The fourth-order valence-corrected chi connectivity index (χ4v) is 3.22. The fraction of sp³-hybridized carbons (Fsp3) is 0.316. The van der Waals surface area contributed by atoms with Crippen molar-refractivity contribution in [2.75, 3.05) is 26.5 Å². The van der Waals surface area contributed by atoms with Crippen molar-refractivity contribution >= 4 is 17.5 Å². The van der Waals surface area contributed by atoms with Crippen LogP contribution in [0.1, 0.15) is 17.2 Å². The second kappa shape index (κ2) is 6.94. The fourth-order valence-electron chi connectivity index (χ4n) is 3.09. The first kappa shape index (κ1) is 16.2. The van der Waals surface area contributed by atoms with E-state index in [1.807, 2.05) is 47.4 Å². The summed E-state index contributed by atoms with van der Waals surface area (Å²) < 4.78 is 16.5. The summed E-state index contributed by atoms with van der Waals surface area (Å²) in [5, 5.41) is 0.690. The van der Waals surface area contributed by atoms with E-state index in [2.05, 4.69) is 0 Å². The summed E-state index contributed by atoms with van der Waals surface area (Å²) in [6.45, 7) is 1.91. The van der Waals surface area contributed by atoms with Crippen molar-refractivity contribution < 1.29 is 19.0 Å². The van der Waals surface area contributed by atoms with Crippen molar-refractivity contribution in [3.8, 4) is 11.5 Å². The molecular weight excluding hydrogens is 342 g/mol. The summed E-state index contributed by atoms with van der Waals surface area (Å²) in [6.07, 6.45) is 0.219. The number of amides is 1. The Bertz CT molecular complexity index is 777. The third kappa shape index (κ3) is 3.57. The van der Waals surface area contributed by atoms with Gasteiger partial charge in [0.1, 0.15) is 6.10 Å². The molecule has 0 spiro atoms. The Hall–Kier alpha value is -2.24. The zero-order chi connectivity index (χ0) is 17.2. The second-order valence-electron chi connectivity index (χ2n) is 6.12. The standard InChI is InChI=1S/C19H18ClNO4/c20-15-4-2-14(3-5-15)18-11-21(7-8-23-18)19(22)10-13-1-6-16-17(9-13)25-12-24-16/h1-6,9,18H,7-8,10-12H2. The van der Waals surface area contributed by atoms with E-state index in [1.54, 1.807) is 0 Å². The van der Waals surface area contributed by atoms with Crippen LogP contribution in [0.2, 0.25) is 5.02 Å². The molecule has 130 valence electrons. The Morgan fingerprint density at radius 1 is 1.12 bits per heavy atom. The number of carbonyl (C=O) groups excluding carboxylic acids is 1. The van der Waals surface area contributed by atoms with Gasteiger partial charge in [0, 0.05) is 11.6 Å². The lowest BCUT2D eigenvalue weighted by Crippen LogP contribution is -2.42. The largest absolute Gasteiger partial charge is 0.454 e. The van der Waals surface area contributed by atoms with Crippen LogP contribution in [-0.4, -0.2) is 37.3 Å². The molecule has 0 aromatic heterocycles. The van der Waals surface area contributed by atoms with Crippen LogP contribution in [0.3, 0.4) is 0 Å². The van der Waals surface area contributed by atoms with Crippen LogP contribution in [0.15, 0.2) is 42.5 Å². The van der Waals surface area contributed by atoms with E-state index >= 15 is 0 Å². The number of halogens is 1. The number of hydrogen-bond acceptors (Lipinski definition) is 4. The van der Waals surface area contributed by atoms with E-state index in [1.165, 1.54) is 0 Å². The number of hydrogen-bond donors (Lipinski definition) is 0. The first-order chi connectivity index (χ1) is 12.2. The highest BCUT2D eigenvalue weighted by atomic mass is 35.5. The molecule has 0 saturated carbocycles. The number of morpholine rings is 1. The van der Waals surface area contributed by atoms with Gasteiger partial charge in [-0.15, -0.1) is 0 Å². The lowest BCUT2D eigenvalue weighted by Gasteiger charge is -2.33. The highest BCUT2D eigenvalue weighted by Gasteiger charge is 2.25. The maximum Gasteiger partial charge on any atom is 0.231 e. The molecule has 2 aliphatic heterocycles. The smallest absolute Gasteiger partial charge is 0.231 e. The molecule has 0 bridgehead atoms. The van der Waals surface area contributed by atoms with Gasteiger partial charge in [-0.3, -0.25) is 4.79 Å². The highest BCUT2D eigenvalue weighted by Crippen LogP contribution is 2.33. The molecule has 0 aliphatic carbocycles. The predicted octanol–water partition coefficient (Wildman–Crippen LogP) is 3.21. The number of nitrogens with zero attached hydrogens (tertiary/aromatic N) is 1. The minimum atomic E-state index is -0.119. The summed E-state index contributed by atoms with van der Waals surface area (Å²) in [5.41, 5.74) is 1.95. The SMILES string of the molecule is O=C(Cc1ccc2c(c1)OCO2)N1CCOC(c2ccc(Cl)cc2)C1. The Morgan fingerprint density at radius 3 is 2.76 bits per heavy atom. The molecular formula is C19H18ClNO4. The number of ether oxygens (including phenoxy) is 3. The number of fused-ring (bicyclic) bond motifs is 1. The third-order valence-corrected chi connectivity index (χ3v) is 4.71. The van der Waals surface area contributed by atoms with Crippen LogP contribution in [0.4, 0.5) is 0 Å². The minimum Gasteiger partial charge on any atom is -0.454 e. The van der Waals surface area contributed by atoms with Crippen LogP contribution >= 0.6 is 11.6 Å². The lowest BCUT2D eigenvalue weighted by molar-refractivity contribution is -0.138. The molecule has 2 heterocycles. The van der Waals surface area contributed by atoms with E-state index in [-0.39, 0.29) is 18.8 Å². The van der Waals surface area contributed by atoms with Crippen molar-refractivity contribution in [2.24, 2.45) is 0 Å². The van der Waals surface area contributed by atoms with Crippen LogP contribution in [0, 0.1) is 0 Å². The Balaban J connectivity index is 1.42. The average Bonchev–Trinajstić information content (AvgIpc) is 3.10. The third-order valence-electron chi connectivity index (χ3n) is 4.45. The zero-order valence-corrected chi connectivity index (χ0v) is 14.4. The van der Waals surface area contributed by atoms with Gasteiger partial charge in [-0.25, -0.2) is 0 Å². The molecule has 1 atom stereocenters. The molecule has 1 fully saturated rings. The number of rotatable bonds is 3. The molecule has 25 heavy (non-hydrogen) atoms. The van der Waals surface area contributed by atoms with Gasteiger partial charge in [0.05, 0.1) is 19.6 Å². The van der Waals surface area contributed by atoms with Gasteiger partial charge in [0.15, 0.2) is 11.5 Å². The van der Waals surface area contributed by atoms with Gasteiger partial charge >= 0.3 is 0 Å². The second-order valence-corrected chi connectivity index (χ2v) is 6.55. The first-order valence-corrected chi connectivity index (χ1v) is 8.60. The zero-order valence-electron chi connectivity index (χ0n) is 13.6. The highest BCUT2D eigenvalue weighted by molar-refractivity contribution is 6.30. The average molecular weight is 360 g/mol. The van der Waals surface area contributed by atoms with Crippen molar-refractivity contribution in [1.82, 2.24) is 4.90 Å². The van der Waals surface area contributed by atoms with Gasteiger partial charge in [-0.1, -0.05) is 29.8 Å². The molecule has 2 aromatic rings. The van der Waals surface area contributed by atoms with Crippen molar-refractivity contribution in [3.05, 3.63) is 58.6 Å². The maximum atomic E-state index is 12.7. The quantitative estimate of drug-likeness (QED) is 0.844. The minimum absolute atomic E-state index is 0.0844. The molecule has 1 amide bonds. The van der Waals surface area contributed by atoms with E-state index in [0.29, 0.717) is 36.9 Å². The summed E-state index contributed by atoms with van der Waals surface area (Å²) >= 11 is 5.94. The first-order valence-electron chi connectivity index (χ1n) is 8.22. The lowest BCUT2D eigenvalue weighted by atomic mass is 10.1. The molecule has 0 N–H and O–H groups in total. The van der Waals surface area contributed by atoms with Gasteiger partial charge in [-0.2, -0.15) is 0 Å². The van der Waals surface area contributed by atoms with E-state index in [9.17, 15) is 4.79 Å². The summed E-state index contributed by atoms with van der Waals surface area (Å²) in [5.74, 6) is 1.51. The summed E-state index contributed by atoms with van der Waals surface area (Å²) in [7, 11) is 0. The van der Waals surface area contributed by atoms with Crippen LogP contribution in [0.5, 0.6) is 11.5 Å². The predicted molar refractivity (Wildman–Crippen MR) is 93.0 cm³/mol. The number of carbonyl (C=O) groups is 1. The molecule has 0 radical (unpaired) electrons. The van der Waals surface area contributed by atoms with E-state index in [0.717, 1.165) is 16.9 Å². The molecule has 1 unspecified atom stereocenters. The molecule has 6 heteroatoms. The molecule has 1 saturated heterocycles. The molecule has 2 aliphatic rings. The van der Waals surface area contributed by atoms with Gasteiger partial charge in [-0.05, 0) is 35.4 Å². The van der Waals surface area contributed by atoms with Crippen molar-refractivity contribution in [3.63, 3.8) is 0 Å². The Labute approximate surface area is 151 Å². The van der Waals surface area contributed by atoms with Crippen molar-refractivity contribution in [1.29, 1.82) is 0 Å². The molecule has 2 aromatic carbocycles.